The summed E-state index contributed by atoms with van der Waals surface area (Å²) in [6, 6.07) is 19.5. The van der Waals surface area contributed by atoms with Crippen LogP contribution < -0.4 is 11.1 Å². The summed E-state index contributed by atoms with van der Waals surface area (Å²) in [5.74, 6) is 1.95. The number of furan rings is 1. The minimum Gasteiger partial charge on any atom is -0.463 e. The van der Waals surface area contributed by atoms with Gasteiger partial charge >= 0.3 is 0 Å². The van der Waals surface area contributed by atoms with Crippen LogP contribution in [0.15, 0.2) is 89.9 Å². The van der Waals surface area contributed by atoms with Gasteiger partial charge in [-0.15, -0.1) is 0 Å². The molecule has 0 aliphatic rings. The maximum absolute atomic E-state index is 6.41. The van der Waals surface area contributed by atoms with Gasteiger partial charge in [0.15, 0.2) is 11.6 Å². The van der Waals surface area contributed by atoms with Crippen molar-refractivity contribution in [2.24, 2.45) is 5.73 Å². The summed E-state index contributed by atoms with van der Waals surface area (Å²) in [4.78, 5) is 18.3. The van der Waals surface area contributed by atoms with Crippen molar-refractivity contribution in [3.8, 4) is 22.8 Å². The number of nitrogens with zero attached hydrogens (tertiary/aromatic N) is 4. The van der Waals surface area contributed by atoms with Crippen molar-refractivity contribution in [1.82, 2.24) is 19.9 Å². The molecular weight excluding hydrogens is 400 g/mol. The highest BCUT2D eigenvalue weighted by atomic mass is 16.3. The summed E-state index contributed by atoms with van der Waals surface area (Å²) >= 11 is 0. The lowest BCUT2D eigenvalue weighted by atomic mass is 10.1. The van der Waals surface area contributed by atoms with Crippen molar-refractivity contribution in [2.45, 2.75) is 12.5 Å². The van der Waals surface area contributed by atoms with E-state index < -0.39 is 0 Å². The van der Waals surface area contributed by atoms with Crippen LogP contribution in [0.4, 0.5) is 5.82 Å². The molecule has 0 aliphatic heterocycles. The molecule has 0 saturated carbocycles. The van der Waals surface area contributed by atoms with Crippen LogP contribution in [-0.2, 0) is 6.42 Å². The fourth-order valence-corrected chi connectivity index (χ4v) is 3.63. The Balaban J connectivity index is 1.52. The third-order valence-corrected chi connectivity index (χ3v) is 5.18. The first-order valence-corrected chi connectivity index (χ1v) is 10.4. The van der Waals surface area contributed by atoms with Crippen LogP contribution in [0.1, 0.15) is 5.56 Å². The zero-order valence-electron chi connectivity index (χ0n) is 17.3. The van der Waals surface area contributed by atoms with E-state index in [1.165, 1.54) is 5.56 Å². The molecule has 5 rings (SSSR count). The molecule has 0 unspecified atom stereocenters. The van der Waals surface area contributed by atoms with Gasteiger partial charge in [-0.2, -0.15) is 0 Å². The Hall–Kier alpha value is -4.10. The van der Waals surface area contributed by atoms with Gasteiger partial charge in [0.1, 0.15) is 17.0 Å². The highest BCUT2D eigenvalue weighted by Gasteiger charge is 2.16. The van der Waals surface area contributed by atoms with Crippen LogP contribution >= 0.6 is 0 Å². The molecular formula is C25H22N6O. The Morgan fingerprint density at radius 3 is 2.53 bits per heavy atom. The van der Waals surface area contributed by atoms with Crippen molar-refractivity contribution < 1.29 is 4.42 Å². The lowest BCUT2D eigenvalue weighted by Crippen LogP contribution is -2.31. The Labute approximate surface area is 185 Å². The van der Waals surface area contributed by atoms with Crippen LogP contribution in [0.2, 0.25) is 0 Å². The molecule has 0 radical (unpaired) electrons. The molecule has 3 N–H and O–H groups in total. The lowest BCUT2D eigenvalue weighted by molar-refractivity contribution is 0.580. The minimum atomic E-state index is -0.0711. The van der Waals surface area contributed by atoms with Gasteiger partial charge in [-0.1, -0.05) is 30.3 Å². The van der Waals surface area contributed by atoms with Gasteiger partial charge in [-0.05, 0) is 42.3 Å². The summed E-state index contributed by atoms with van der Waals surface area (Å²) in [7, 11) is 0. The fraction of sp³-hybridized carbons (Fsp3) is 0.120. The van der Waals surface area contributed by atoms with E-state index in [2.05, 4.69) is 27.4 Å². The molecule has 0 saturated heterocycles. The first-order chi connectivity index (χ1) is 15.8. The summed E-state index contributed by atoms with van der Waals surface area (Å²) in [6.07, 6.45) is 7.59. The SMILES string of the molecule is N[C@H](CNc1nc(-c2ccncc2)nc2c(-c3ccco3)nccc12)Cc1ccccc1. The molecule has 7 nitrogen and oxygen atoms in total. The van der Waals surface area contributed by atoms with E-state index in [4.69, 9.17) is 20.1 Å². The van der Waals surface area contributed by atoms with E-state index in [0.29, 0.717) is 35.2 Å². The predicted molar refractivity (Wildman–Crippen MR) is 125 cm³/mol. The largest absolute Gasteiger partial charge is 0.463 e. The second-order valence-corrected chi connectivity index (χ2v) is 7.50. The Kier molecular flexibility index (Phi) is 5.55. The zero-order valence-corrected chi connectivity index (χ0v) is 17.3. The number of hydrogen-bond acceptors (Lipinski definition) is 7. The Morgan fingerprint density at radius 2 is 1.75 bits per heavy atom. The number of hydrogen-bond donors (Lipinski definition) is 2. The van der Waals surface area contributed by atoms with Crippen LogP contribution in [0.5, 0.6) is 0 Å². The average molecular weight is 422 g/mol. The van der Waals surface area contributed by atoms with E-state index in [0.717, 1.165) is 17.4 Å². The number of nitrogens with two attached hydrogens (primary N) is 1. The molecule has 0 spiro atoms. The zero-order chi connectivity index (χ0) is 21.8. The summed E-state index contributed by atoms with van der Waals surface area (Å²) in [5.41, 5.74) is 9.87. The highest BCUT2D eigenvalue weighted by molar-refractivity contribution is 5.97. The van der Waals surface area contributed by atoms with Crippen LogP contribution in [-0.4, -0.2) is 32.5 Å². The Morgan fingerprint density at radius 1 is 0.906 bits per heavy atom. The smallest absolute Gasteiger partial charge is 0.162 e. The third kappa shape index (κ3) is 4.19. The molecule has 32 heavy (non-hydrogen) atoms. The van der Waals surface area contributed by atoms with Gasteiger partial charge < -0.3 is 15.5 Å². The molecule has 5 aromatic rings. The van der Waals surface area contributed by atoms with Gasteiger partial charge in [0.25, 0.3) is 0 Å². The van der Waals surface area contributed by atoms with E-state index in [9.17, 15) is 0 Å². The molecule has 158 valence electrons. The normalized spacial score (nSPS) is 12.0. The number of benzene rings is 1. The average Bonchev–Trinajstić information content (AvgIpc) is 3.38. The van der Waals surface area contributed by atoms with Crippen molar-refractivity contribution >= 4 is 16.7 Å². The fourth-order valence-electron chi connectivity index (χ4n) is 3.63. The first kappa shape index (κ1) is 19.8. The molecule has 0 aliphatic carbocycles. The van der Waals surface area contributed by atoms with E-state index in [1.807, 2.05) is 48.5 Å². The van der Waals surface area contributed by atoms with Gasteiger partial charge in [-0.25, -0.2) is 9.97 Å². The number of anilines is 1. The second kappa shape index (κ2) is 8.95. The summed E-state index contributed by atoms with van der Waals surface area (Å²) < 4.78 is 5.60. The lowest BCUT2D eigenvalue weighted by Gasteiger charge is -2.16. The molecule has 1 atom stereocenters. The maximum Gasteiger partial charge on any atom is 0.162 e. The topological polar surface area (TPSA) is 103 Å². The number of pyridine rings is 2. The van der Waals surface area contributed by atoms with Crippen LogP contribution in [0, 0.1) is 0 Å². The summed E-state index contributed by atoms with van der Waals surface area (Å²) in [6.45, 7) is 0.565. The Bertz CT molecular complexity index is 1310. The molecule has 0 amide bonds. The molecule has 0 fully saturated rings. The van der Waals surface area contributed by atoms with Crippen LogP contribution in [0.3, 0.4) is 0 Å². The maximum atomic E-state index is 6.41. The highest BCUT2D eigenvalue weighted by Crippen LogP contribution is 2.31. The molecule has 4 heterocycles. The molecule has 7 heteroatoms. The van der Waals surface area contributed by atoms with Crippen molar-refractivity contribution in [3.05, 3.63) is 91.1 Å². The van der Waals surface area contributed by atoms with Gasteiger partial charge in [-0.3, -0.25) is 9.97 Å². The third-order valence-electron chi connectivity index (χ3n) is 5.18. The standard InChI is InChI=1S/C25H22N6O/c26-19(15-17-5-2-1-3-6-17)16-29-25-20-10-13-28-23(21-7-4-14-32-21)22(20)30-24(31-25)18-8-11-27-12-9-18/h1-14,19H,15-16,26H2,(H,29,30,31)/t19-/m0/s1. The van der Waals surface area contributed by atoms with Crippen molar-refractivity contribution in [2.75, 3.05) is 11.9 Å². The van der Waals surface area contributed by atoms with E-state index in [-0.39, 0.29) is 6.04 Å². The van der Waals surface area contributed by atoms with Crippen molar-refractivity contribution in [1.29, 1.82) is 0 Å². The predicted octanol–water partition coefficient (Wildman–Crippen LogP) is 4.33. The van der Waals surface area contributed by atoms with E-state index in [1.54, 1.807) is 24.9 Å². The number of fused-ring (bicyclic) bond motifs is 1. The minimum absolute atomic E-state index is 0.0711. The molecule has 1 aromatic carbocycles. The quantitative estimate of drug-likeness (QED) is 0.402. The van der Waals surface area contributed by atoms with E-state index >= 15 is 0 Å². The summed E-state index contributed by atoms with van der Waals surface area (Å²) in [5, 5.41) is 4.30. The number of nitrogens with one attached hydrogen (secondary N) is 1. The van der Waals surface area contributed by atoms with Gasteiger partial charge in [0.2, 0.25) is 0 Å². The molecule has 0 bridgehead atoms. The van der Waals surface area contributed by atoms with Crippen molar-refractivity contribution in [3.63, 3.8) is 0 Å². The first-order valence-electron chi connectivity index (χ1n) is 10.4. The second-order valence-electron chi connectivity index (χ2n) is 7.50. The molecule has 4 aromatic heterocycles. The van der Waals surface area contributed by atoms with Gasteiger partial charge in [0.05, 0.1) is 6.26 Å². The monoisotopic (exact) mass is 422 g/mol. The van der Waals surface area contributed by atoms with Gasteiger partial charge in [0, 0.05) is 42.1 Å². The number of aromatic nitrogens is 4. The van der Waals surface area contributed by atoms with Crippen LogP contribution in [0.25, 0.3) is 33.7 Å². The number of rotatable bonds is 7.